The molecule has 2 rings (SSSR count). The average molecular weight is 239 g/mol. The monoisotopic (exact) mass is 239 g/mol. The highest BCUT2D eigenvalue weighted by atomic mass is 16.5. The summed E-state index contributed by atoms with van der Waals surface area (Å²) in [5.74, 6) is 1.91. The fourth-order valence-corrected chi connectivity index (χ4v) is 3.97. The van der Waals surface area contributed by atoms with Gasteiger partial charge in [0.2, 0.25) is 0 Å². The van der Waals surface area contributed by atoms with Crippen LogP contribution < -0.4 is 5.73 Å². The second-order valence-electron chi connectivity index (χ2n) is 6.31. The van der Waals surface area contributed by atoms with Crippen LogP contribution in [0.1, 0.15) is 59.3 Å². The van der Waals surface area contributed by atoms with Gasteiger partial charge >= 0.3 is 0 Å². The second-order valence-corrected chi connectivity index (χ2v) is 6.31. The van der Waals surface area contributed by atoms with Crippen molar-refractivity contribution in [2.45, 2.75) is 77.5 Å². The molecule has 5 atom stereocenters. The lowest BCUT2D eigenvalue weighted by molar-refractivity contribution is 0.0462. The van der Waals surface area contributed by atoms with E-state index in [9.17, 15) is 0 Å². The van der Waals surface area contributed by atoms with Crippen LogP contribution in [0.15, 0.2) is 0 Å². The van der Waals surface area contributed by atoms with Crippen molar-refractivity contribution in [2.75, 3.05) is 0 Å². The van der Waals surface area contributed by atoms with Crippen molar-refractivity contribution in [1.29, 1.82) is 0 Å². The Morgan fingerprint density at radius 2 is 1.53 bits per heavy atom. The van der Waals surface area contributed by atoms with Crippen molar-refractivity contribution in [3.05, 3.63) is 0 Å². The summed E-state index contributed by atoms with van der Waals surface area (Å²) in [5, 5.41) is 0. The van der Waals surface area contributed by atoms with E-state index in [-0.39, 0.29) is 0 Å². The van der Waals surface area contributed by atoms with Crippen LogP contribution in [0.4, 0.5) is 0 Å². The second kappa shape index (κ2) is 5.71. The first kappa shape index (κ1) is 13.4. The summed E-state index contributed by atoms with van der Waals surface area (Å²) in [6.45, 7) is 6.72. The van der Waals surface area contributed by atoms with Crippen molar-refractivity contribution < 1.29 is 4.74 Å². The molecule has 0 radical (unpaired) electrons. The van der Waals surface area contributed by atoms with Gasteiger partial charge in [-0.1, -0.05) is 32.6 Å². The van der Waals surface area contributed by atoms with E-state index < -0.39 is 0 Å². The predicted octanol–water partition coefficient (Wildman–Crippen LogP) is 3.34. The zero-order valence-corrected chi connectivity index (χ0v) is 11.7. The maximum Gasteiger partial charge on any atom is 0.0597 e. The Bertz CT molecular complexity index is 235. The van der Waals surface area contributed by atoms with Crippen LogP contribution in [0.2, 0.25) is 0 Å². The van der Waals surface area contributed by atoms with Crippen molar-refractivity contribution in [2.24, 2.45) is 23.5 Å². The molecular formula is C15H29NO. The zero-order valence-electron chi connectivity index (χ0n) is 11.7. The minimum atomic E-state index is 0.346. The van der Waals surface area contributed by atoms with Gasteiger partial charge in [0.1, 0.15) is 0 Å². The smallest absolute Gasteiger partial charge is 0.0597 e. The SMILES string of the molecule is CC1OC(C)C(C(N)C2CCCCCC2)C1C. The minimum Gasteiger partial charge on any atom is -0.375 e. The van der Waals surface area contributed by atoms with Crippen LogP contribution in [0.5, 0.6) is 0 Å². The number of nitrogens with two attached hydrogens (primary N) is 1. The van der Waals surface area contributed by atoms with Gasteiger partial charge in [-0.3, -0.25) is 0 Å². The highest BCUT2D eigenvalue weighted by molar-refractivity contribution is 4.93. The molecule has 0 aromatic carbocycles. The van der Waals surface area contributed by atoms with Crippen LogP contribution in [0.25, 0.3) is 0 Å². The first-order valence-corrected chi connectivity index (χ1v) is 7.52. The summed E-state index contributed by atoms with van der Waals surface area (Å²) in [7, 11) is 0. The topological polar surface area (TPSA) is 35.2 Å². The molecule has 2 aliphatic rings. The van der Waals surface area contributed by atoms with Gasteiger partial charge in [0.05, 0.1) is 12.2 Å². The normalized spacial score (nSPS) is 42.4. The fourth-order valence-electron chi connectivity index (χ4n) is 3.97. The third kappa shape index (κ3) is 2.85. The number of ether oxygens (including phenoxy) is 1. The van der Waals surface area contributed by atoms with Gasteiger partial charge in [0, 0.05) is 12.0 Å². The van der Waals surface area contributed by atoms with Crippen LogP contribution in [-0.2, 0) is 4.74 Å². The van der Waals surface area contributed by atoms with E-state index in [0.29, 0.717) is 30.1 Å². The highest BCUT2D eigenvalue weighted by Crippen LogP contribution is 2.38. The Morgan fingerprint density at radius 3 is 2.00 bits per heavy atom. The molecule has 2 heteroatoms. The Labute approximate surface area is 106 Å². The van der Waals surface area contributed by atoms with Gasteiger partial charge in [0.15, 0.2) is 0 Å². The van der Waals surface area contributed by atoms with E-state index in [0.717, 1.165) is 5.92 Å². The van der Waals surface area contributed by atoms with Crippen molar-refractivity contribution in [3.63, 3.8) is 0 Å². The fraction of sp³-hybridized carbons (Fsp3) is 1.00. The predicted molar refractivity (Wildman–Crippen MR) is 71.8 cm³/mol. The van der Waals surface area contributed by atoms with E-state index >= 15 is 0 Å². The first-order chi connectivity index (χ1) is 8.11. The van der Waals surface area contributed by atoms with E-state index in [2.05, 4.69) is 20.8 Å². The van der Waals surface area contributed by atoms with Gasteiger partial charge in [-0.15, -0.1) is 0 Å². The van der Waals surface area contributed by atoms with Gasteiger partial charge in [-0.05, 0) is 38.5 Å². The average Bonchev–Trinajstić information content (AvgIpc) is 2.52. The molecule has 0 spiro atoms. The molecule has 5 unspecified atom stereocenters. The Hall–Kier alpha value is -0.0800. The van der Waals surface area contributed by atoms with Crippen LogP contribution in [-0.4, -0.2) is 18.2 Å². The molecule has 1 saturated heterocycles. The summed E-state index contributed by atoms with van der Waals surface area (Å²) in [5.41, 5.74) is 6.59. The molecule has 2 nitrogen and oxygen atoms in total. The van der Waals surface area contributed by atoms with E-state index in [1.54, 1.807) is 0 Å². The Balaban J connectivity index is 2.00. The lowest BCUT2D eigenvalue weighted by Crippen LogP contribution is -2.43. The molecule has 2 N–H and O–H groups in total. The summed E-state index contributed by atoms with van der Waals surface area (Å²) in [6.07, 6.45) is 8.98. The van der Waals surface area contributed by atoms with Gasteiger partial charge < -0.3 is 10.5 Å². The molecule has 1 aliphatic heterocycles. The Kier molecular flexibility index (Phi) is 4.48. The summed E-state index contributed by atoms with van der Waals surface area (Å²) < 4.78 is 5.95. The molecule has 100 valence electrons. The molecule has 0 aromatic heterocycles. The molecule has 0 amide bonds. The maximum absolute atomic E-state index is 6.59. The summed E-state index contributed by atoms with van der Waals surface area (Å²) >= 11 is 0. The van der Waals surface area contributed by atoms with Crippen molar-refractivity contribution >= 4 is 0 Å². The molecule has 0 aromatic rings. The Morgan fingerprint density at radius 1 is 0.941 bits per heavy atom. The van der Waals surface area contributed by atoms with Crippen LogP contribution in [0.3, 0.4) is 0 Å². The molecule has 1 heterocycles. The quantitative estimate of drug-likeness (QED) is 0.750. The standard InChI is InChI=1S/C15H29NO/c1-10-11(2)17-12(3)14(10)15(16)13-8-6-4-5-7-9-13/h10-15H,4-9,16H2,1-3H3. The third-order valence-electron chi connectivity index (χ3n) is 5.21. The minimum absolute atomic E-state index is 0.346. The highest BCUT2D eigenvalue weighted by Gasteiger charge is 2.42. The molecular weight excluding hydrogens is 210 g/mol. The summed E-state index contributed by atoms with van der Waals surface area (Å²) in [6, 6.07) is 0.350. The lowest BCUT2D eigenvalue weighted by atomic mass is 9.76. The number of rotatable bonds is 2. The summed E-state index contributed by atoms with van der Waals surface area (Å²) in [4.78, 5) is 0. The molecule has 1 aliphatic carbocycles. The zero-order chi connectivity index (χ0) is 12.4. The maximum atomic E-state index is 6.59. The lowest BCUT2D eigenvalue weighted by Gasteiger charge is -2.32. The van der Waals surface area contributed by atoms with Crippen LogP contribution >= 0.6 is 0 Å². The number of hydrogen-bond donors (Lipinski definition) is 1. The third-order valence-corrected chi connectivity index (χ3v) is 5.21. The van der Waals surface area contributed by atoms with Gasteiger partial charge in [0.25, 0.3) is 0 Å². The van der Waals surface area contributed by atoms with Gasteiger partial charge in [-0.2, -0.15) is 0 Å². The number of hydrogen-bond acceptors (Lipinski definition) is 2. The van der Waals surface area contributed by atoms with Crippen LogP contribution in [0, 0.1) is 17.8 Å². The molecule has 2 fully saturated rings. The van der Waals surface area contributed by atoms with Crippen molar-refractivity contribution in [1.82, 2.24) is 0 Å². The first-order valence-electron chi connectivity index (χ1n) is 7.52. The largest absolute Gasteiger partial charge is 0.375 e. The molecule has 0 bridgehead atoms. The molecule has 17 heavy (non-hydrogen) atoms. The van der Waals surface area contributed by atoms with Gasteiger partial charge in [-0.25, -0.2) is 0 Å². The van der Waals surface area contributed by atoms with Crippen molar-refractivity contribution in [3.8, 4) is 0 Å². The van der Waals surface area contributed by atoms with E-state index in [1.165, 1.54) is 38.5 Å². The van der Waals surface area contributed by atoms with E-state index in [1.807, 2.05) is 0 Å². The van der Waals surface area contributed by atoms with E-state index in [4.69, 9.17) is 10.5 Å². The molecule has 1 saturated carbocycles.